The summed E-state index contributed by atoms with van der Waals surface area (Å²) in [7, 11) is -1.58. The summed E-state index contributed by atoms with van der Waals surface area (Å²) in [4.78, 5) is 1.07. The Hall–Kier alpha value is -1.21. The number of rotatable bonds is 7. The van der Waals surface area contributed by atoms with Crippen LogP contribution in [0, 0.1) is 0 Å². The van der Waals surface area contributed by atoms with Crippen LogP contribution < -0.4 is 10.0 Å². The van der Waals surface area contributed by atoms with E-state index in [1.807, 2.05) is 50.4 Å². The summed E-state index contributed by atoms with van der Waals surface area (Å²) in [6, 6.07) is 12.9. The summed E-state index contributed by atoms with van der Waals surface area (Å²) >= 11 is 1.33. The predicted octanol–water partition coefficient (Wildman–Crippen LogP) is 2.55. The molecule has 4 nitrogen and oxygen atoms in total. The highest BCUT2D eigenvalue weighted by Gasteiger charge is 2.20. The molecule has 114 valence electrons. The summed E-state index contributed by atoms with van der Waals surface area (Å²) in [5.41, 5.74) is 0.952. The molecule has 0 aliphatic heterocycles. The van der Waals surface area contributed by atoms with Crippen LogP contribution in [-0.2, 0) is 16.4 Å². The molecule has 0 aliphatic carbocycles. The van der Waals surface area contributed by atoms with E-state index in [9.17, 15) is 8.42 Å². The van der Waals surface area contributed by atoms with Crippen LogP contribution >= 0.6 is 11.3 Å². The zero-order valence-electron chi connectivity index (χ0n) is 12.2. The number of likely N-dealkylation sites (N-methyl/N-ethyl adjacent to an activating group) is 1. The van der Waals surface area contributed by atoms with Gasteiger partial charge in [0.2, 0.25) is 0 Å². The third-order valence-electron chi connectivity index (χ3n) is 3.15. The smallest absolute Gasteiger partial charge is 0.250 e. The molecule has 0 spiro atoms. The van der Waals surface area contributed by atoms with Crippen molar-refractivity contribution in [3.8, 4) is 0 Å². The van der Waals surface area contributed by atoms with Crippen LogP contribution in [0.4, 0.5) is 0 Å². The van der Waals surface area contributed by atoms with Gasteiger partial charge in [0.1, 0.15) is 4.21 Å². The molecule has 2 rings (SSSR count). The minimum absolute atomic E-state index is 0.251. The average molecular weight is 324 g/mol. The first-order valence-electron chi connectivity index (χ1n) is 6.83. The van der Waals surface area contributed by atoms with E-state index in [1.54, 1.807) is 6.07 Å². The van der Waals surface area contributed by atoms with E-state index in [0.717, 1.165) is 23.4 Å². The SMILES string of the molecule is CNCCc1ccc(S(=O)(=O)NC(C)c2ccccc2)s1. The minimum atomic E-state index is -3.46. The first kappa shape index (κ1) is 16.2. The van der Waals surface area contributed by atoms with Crippen LogP contribution in [0.25, 0.3) is 0 Å². The van der Waals surface area contributed by atoms with Crippen molar-refractivity contribution in [2.45, 2.75) is 23.6 Å². The van der Waals surface area contributed by atoms with Crippen LogP contribution in [0.2, 0.25) is 0 Å². The van der Waals surface area contributed by atoms with Gasteiger partial charge in [0, 0.05) is 10.9 Å². The number of thiophene rings is 1. The van der Waals surface area contributed by atoms with E-state index in [2.05, 4.69) is 10.0 Å². The fraction of sp³-hybridized carbons (Fsp3) is 0.333. The molecule has 0 amide bonds. The van der Waals surface area contributed by atoms with Crippen LogP contribution in [0.5, 0.6) is 0 Å². The molecule has 2 aromatic rings. The quantitative estimate of drug-likeness (QED) is 0.823. The zero-order chi connectivity index (χ0) is 15.3. The summed E-state index contributed by atoms with van der Waals surface area (Å²) < 4.78 is 27.9. The average Bonchev–Trinajstić information content (AvgIpc) is 2.95. The Bertz CT molecular complexity index is 666. The lowest BCUT2D eigenvalue weighted by Gasteiger charge is -2.13. The van der Waals surface area contributed by atoms with Gasteiger partial charge >= 0.3 is 0 Å². The van der Waals surface area contributed by atoms with Crippen molar-refractivity contribution in [2.24, 2.45) is 0 Å². The van der Waals surface area contributed by atoms with Crippen molar-refractivity contribution >= 4 is 21.4 Å². The van der Waals surface area contributed by atoms with Gasteiger partial charge in [0.15, 0.2) is 0 Å². The van der Waals surface area contributed by atoms with Crippen LogP contribution in [-0.4, -0.2) is 22.0 Å². The van der Waals surface area contributed by atoms with Gasteiger partial charge in [0.05, 0.1) is 0 Å². The number of sulfonamides is 1. The summed E-state index contributed by atoms with van der Waals surface area (Å²) in [6.07, 6.45) is 0.838. The second kappa shape index (κ2) is 7.17. The topological polar surface area (TPSA) is 58.2 Å². The number of hydrogen-bond acceptors (Lipinski definition) is 4. The highest BCUT2D eigenvalue weighted by atomic mass is 32.2. The van der Waals surface area contributed by atoms with Gasteiger partial charge in [-0.15, -0.1) is 11.3 Å². The molecular formula is C15H20N2O2S2. The predicted molar refractivity (Wildman–Crippen MR) is 87.1 cm³/mol. The second-order valence-corrected chi connectivity index (χ2v) is 7.94. The molecule has 1 heterocycles. The highest BCUT2D eigenvalue weighted by Crippen LogP contribution is 2.24. The van der Waals surface area contributed by atoms with Gasteiger partial charge in [-0.3, -0.25) is 0 Å². The molecule has 21 heavy (non-hydrogen) atoms. The second-order valence-electron chi connectivity index (χ2n) is 4.83. The Morgan fingerprint density at radius 3 is 2.52 bits per heavy atom. The lowest BCUT2D eigenvalue weighted by atomic mass is 10.1. The van der Waals surface area contributed by atoms with Gasteiger partial charge in [-0.25, -0.2) is 13.1 Å². The maximum absolute atomic E-state index is 12.4. The van der Waals surface area contributed by atoms with E-state index in [1.165, 1.54) is 11.3 Å². The van der Waals surface area contributed by atoms with Crippen LogP contribution in [0.15, 0.2) is 46.7 Å². The molecule has 0 saturated heterocycles. The van der Waals surface area contributed by atoms with Crippen molar-refractivity contribution in [3.63, 3.8) is 0 Å². The molecule has 6 heteroatoms. The molecule has 1 aromatic carbocycles. The van der Waals surface area contributed by atoms with Crippen molar-refractivity contribution in [2.75, 3.05) is 13.6 Å². The summed E-state index contributed by atoms with van der Waals surface area (Å²) in [5, 5.41) is 3.06. The van der Waals surface area contributed by atoms with Crippen LogP contribution in [0.1, 0.15) is 23.4 Å². The third-order valence-corrected chi connectivity index (χ3v) is 6.33. The van der Waals surface area contributed by atoms with Crippen molar-refractivity contribution in [1.29, 1.82) is 0 Å². The van der Waals surface area contributed by atoms with E-state index in [0.29, 0.717) is 4.21 Å². The fourth-order valence-corrected chi connectivity index (χ4v) is 4.59. The molecule has 1 unspecified atom stereocenters. The minimum Gasteiger partial charge on any atom is -0.319 e. The number of benzene rings is 1. The Kier molecular flexibility index (Phi) is 5.52. The lowest BCUT2D eigenvalue weighted by Crippen LogP contribution is -2.26. The molecule has 1 aromatic heterocycles. The number of hydrogen-bond donors (Lipinski definition) is 2. The third kappa shape index (κ3) is 4.38. The molecular weight excluding hydrogens is 304 g/mol. The van der Waals surface area contributed by atoms with Crippen molar-refractivity contribution < 1.29 is 8.42 Å². The van der Waals surface area contributed by atoms with E-state index in [-0.39, 0.29) is 6.04 Å². The summed E-state index contributed by atoms with van der Waals surface area (Å²) in [6.45, 7) is 2.69. The van der Waals surface area contributed by atoms with Gasteiger partial charge in [-0.05, 0) is 44.6 Å². The van der Waals surface area contributed by atoms with Gasteiger partial charge in [-0.2, -0.15) is 0 Å². The zero-order valence-corrected chi connectivity index (χ0v) is 13.8. The first-order valence-corrected chi connectivity index (χ1v) is 9.13. The van der Waals surface area contributed by atoms with Crippen LogP contribution in [0.3, 0.4) is 0 Å². The Morgan fingerprint density at radius 1 is 1.14 bits per heavy atom. The molecule has 0 fully saturated rings. The van der Waals surface area contributed by atoms with Crippen molar-refractivity contribution in [1.82, 2.24) is 10.0 Å². The molecule has 0 saturated carbocycles. The maximum Gasteiger partial charge on any atom is 0.250 e. The Labute approximate surface area is 130 Å². The molecule has 0 radical (unpaired) electrons. The fourth-order valence-electron chi connectivity index (χ4n) is 1.99. The molecule has 0 aliphatic rings. The summed E-state index contributed by atoms with van der Waals surface area (Å²) in [5.74, 6) is 0. The van der Waals surface area contributed by atoms with E-state index >= 15 is 0 Å². The Balaban J connectivity index is 2.09. The monoisotopic (exact) mass is 324 g/mol. The number of nitrogens with one attached hydrogen (secondary N) is 2. The maximum atomic E-state index is 12.4. The largest absolute Gasteiger partial charge is 0.319 e. The standard InChI is InChI=1S/C15H20N2O2S2/c1-12(13-6-4-3-5-7-13)17-21(18,19)15-9-8-14(20-15)10-11-16-2/h3-9,12,16-17H,10-11H2,1-2H3. The van der Waals surface area contributed by atoms with E-state index < -0.39 is 10.0 Å². The molecule has 1 atom stereocenters. The normalized spacial score (nSPS) is 13.2. The molecule has 0 bridgehead atoms. The van der Waals surface area contributed by atoms with E-state index in [4.69, 9.17) is 0 Å². The van der Waals surface area contributed by atoms with Gasteiger partial charge < -0.3 is 5.32 Å². The van der Waals surface area contributed by atoms with Gasteiger partial charge in [0.25, 0.3) is 10.0 Å². The Morgan fingerprint density at radius 2 is 1.86 bits per heavy atom. The van der Waals surface area contributed by atoms with Crippen molar-refractivity contribution in [3.05, 3.63) is 52.9 Å². The first-order chi connectivity index (χ1) is 10.0. The molecule has 2 N–H and O–H groups in total. The highest BCUT2D eigenvalue weighted by molar-refractivity contribution is 7.91. The lowest BCUT2D eigenvalue weighted by molar-refractivity contribution is 0.569. The van der Waals surface area contributed by atoms with Gasteiger partial charge in [-0.1, -0.05) is 30.3 Å².